The summed E-state index contributed by atoms with van der Waals surface area (Å²) in [5, 5.41) is 3.03. The lowest BCUT2D eigenvalue weighted by atomic mass is 10.0. The van der Waals surface area contributed by atoms with E-state index < -0.39 is 30.1 Å². The monoisotopic (exact) mass is 319 g/mol. The summed E-state index contributed by atoms with van der Waals surface area (Å²) in [5.74, 6) is 0. The Bertz CT molecular complexity index is 509. The van der Waals surface area contributed by atoms with Crippen LogP contribution in [0.5, 0.6) is 0 Å². The van der Waals surface area contributed by atoms with Crippen molar-refractivity contribution in [3.63, 3.8) is 0 Å². The van der Waals surface area contributed by atoms with Crippen LogP contribution in [0.1, 0.15) is 18.1 Å². The highest BCUT2D eigenvalue weighted by atomic mass is 35.5. The minimum absolute atomic E-state index is 0.00151. The fourth-order valence-electron chi connectivity index (χ4n) is 1.31. The molecule has 0 saturated heterocycles. The summed E-state index contributed by atoms with van der Waals surface area (Å²) in [4.78, 5) is 3.97. The van der Waals surface area contributed by atoms with Gasteiger partial charge in [0.2, 0.25) is 6.61 Å². The van der Waals surface area contributed by atoms with Crippen molar-refractivity contribution in [1.82, 2.24) is 0 Å². The minimum Gasteiger partial charge on any atom is -0.386 e. The molecule has 0 bridgehead atoms. The topological polar surface area (TPSA) is 21.6 Å². The van der Waals surface area contributed by atoms with Gasteiger partial charge in [0.15, 0.2) is 0 Å². The number of hydrogen-bond donors (Lipinski definition) is 0. The lowest BCUT2D eigenvalue weighted by molar-refractivity contribution is -0.173. The Balaban J connectivity index is 3.05. The molecule has 0 aromatic heterocycles. The third kappa shape index (κ3) is 4.92. The molecule has 0 unspecified atom stereocenters. The summed E-state index contributed by atoms with van der Waals surface area (Å²) >= 11 is 5.57. The van der Waals surface area contributed by atoms with Crippen LogP contribution in [-0.2, 0) is 11.0 Å². The predicted molar refractivity (Wildman–Crippen MR) is 60.7 cm³/mol. The molecular formula is C11H8ClF6NO. The molecule has 0 aliphatic rings. The van der Waals surface area contributed by atoms with E-state index in [4.69, 9.17) is 11.6 Å². The molecule has 1 aromatic rings. The van der Waals surface area contributed by atoms with Crippen molar-refractivity contribution in [3.05, 3.63) is 34.3 Å². The summed E-state index contributed by atoms with van der Waals surface area (Å²) in [6.45, 7) is -0.594. The van der Waals surface area contributed by atoms with E-state index in [2.05, 4.69) is 9.99 Å². The van der Waals surface area contributed by atoms with Crippen molar-refractivity contribution >= 4 is 17.3 Å². The fourth-order valence-corrected chi connectivity index (χ4v) is 1.49. The van der Waals surface area contributed by atoms with Gasteiger partial charge in [-0.15, -0.1) is 0 Å². The Morgan fingerprint density at radius 2 is 1.80 bits per heavy atom. The number of nitrogens with zero attached hydrogens (tertiary/aromatic N) is 1. The van der Waals surface area contributed by atoms with Crippen LogP contribution in [0.3, 0.4) is 0 Å². The molecule has 0 amide bonds. The van der Waals surface area contributed by atoms with E-state index in [0.717, 1.165) is 25.1 Å². The quantitative estimate of drug-likeness (QED) is 0.451. The number of hydrogen-bond acceptors (Lipinski definition) is 2. The summed E-state index contributed by atoms with van der Waals surface area (Å²) in [6, 6.07) is 2.71. The molecule has 0 fully saturated rings. The van der Waals surface area contributed by atoms with Crippen molar-refractivity contribution in [1.29, 1.82) is 0 Å². The molecule has 0 saturated carbocycles. The van der Waals surface area contributed by atoms with Gasteiger partial charge in [-0.05, 0) is 25.1 Å². The Hall–Kier alpha value is -1.44. The van der Waals surface area contributed by atoms with Crippen LogP contribution >= 0.6 is 11.6 Å². The van der Waals surface area contributed by atoms with E-state index in [1.54, 1.807) is 0 Å². The third-order valence-electron chi connectivity index (χ3n) is 2.11. The molecule has 1 rings (SSSR count). The second-order valence-corrected chi connectivity index (χ2v) is 4.19. The Morgan fingerprint density at radius 3 is 2.30 bits per heavy atom. The van der Waals surface area contributed by atoms with Crippen LogP contribution in [0, 0.1) is 0 Å². The summed E-state index contributed by atoms with van der Waals surface area (Å²) < 4.78 is 73.7. The first-order valence-corrected chi connectivity index (χ1v) is 5.49. The van der Waals surface area contributed by atoms with Crippen molar-refractivity contribution in [2.75, 3.05) is 6.61 Å². The van der Waals surface area contributed by atoms with E-state index in [1.165, 1.54) is 0 Å². The van der Waals surface area contributed by atoms with Gasteiger partial charge < -0.3 is 4.84 Å². The normalized spacial score (nSPS) is 13.5. The van der Waals surface area contributed by atoms with Crippen molar-refractivity contribution in [3.8, 4) is 0 Å². The Labute approximate surface area is 115 Å². The van der Waals surface area contributed by atoms with E-state index in [-0.39, 0.29) is 10.7 Å². The molecule has 0 aliphatic heterocycles. The zero-order valence-electron chi connectivity index (χ0n) is 9.94. The molecular weight excluding hydrogens is 312 g/mol. The minimum atomic E-state index is -4.68. The first kappa shape index (κ1) is 16.6. The molecule has 0 heterocycles. The highest BCUT2D eigenvalue weighted by Crippen LogP contribution is 2.33. The summed E-state index contributed by atoms with van der Waals surface area (Å²) in [5.41, 5.74) is -1.85. The summed E-state index contributed by atoms with van der Waals surface area (Å²) in [6.07, 6.45) is -9.30. The Kier molecular flexibility index (Phi) is 4.90. The van der Waals surface area contributed by atoms with Gasteiger partial charge in [0.25, 0.3) is 0 Å². The number of benzene rings is 1. The zero-order chi connectivity index (χ0) is 15.6. The number of alkyl halides is 6. The number of rotatable bonds is 3. The molecule has 2 nitrogen and oxygen atoms in total. The highest BCUT2D eigenvalue weighted by Gasteiger charge is 2.34. The standard InChI is InChI=1S/C11H8ClF6NO/c1-6(19-20-5-10(13,14)15)8-4-7(12)2-3-9(8)11(16,17)18/h2-4H,5H2,1H3/b19-6+. The van der Waals surface area contributed by atoms with Gasteiger partial charge in [-0.25, -0.2) is 0 Å². The maximum absolute atomic E-state index is 12.7. The fraction of sp³-hybridized carbons (Fsp3) is 0.364. The predicted octanol–water partition coefficient (Wildman–Crippen LogP) is 4.66. The zero-order valence-corrected chi connectivity index (χ0v) is 10.7. The number of oxime groups is 1. The van der Waals surface area contributed by atoms with Gasteiger partial charge in [-0.3, -0.25) is 0 Å². The van der Waals surface area contributed by atoms with E-state index in [0.29, 0.717) is 0 Å². The SMILES string of the molecule is C/C(=N\OCC(F)(F)F)c1cc(Cl)ccc1C(F)(F)F. The molecule has 1 aromatic carbocycles. The van der Waals surface area contributed by atoms with Crippen LogP contribution < -0.4 is 0 Å². The van der Waals surface area contributed by atoms with Crippen molar-refractivity contribution in [2.24, 2.45) is 5.16 Å². The van der Waals surface area contributed by atoms with Crippen LogP contribution in [0.25, 0.3) is 0 Å². The molecule has 9 heteroatoms. The van der Waals surface area contributed by atoms with Crippen LogP contribution in [-0.4, -0.2) is 18.5 Å². The maximum Gasteiger partial charge on any atom is 0.425 e. The molecule has 0 radical (unpaired) electrons. The molecule has 0 N–H and O–H groups in total. The van der Waals surface area contributed by atoms with E-state index in [1.807, 2.05) is 0 Å². The van der Waals surface area contributed by atoms with E-state index >= 15 is 0 Å². The van der Waals surface area contributed by atoms with Crippen LogP contribution in [0.2, 0.25) is 5.02 Å². The first-order valence-electron chi connectivity index (χ1n) is 5.11. The van der Waals surface area contributed by atoms with Gasteiger partial charge in [-0.1, -0.05) is 16.8 Å². The van der Waals surface area contributed by atoms with Crippen LogP contribution in [0.4, 0.5) is 26.3 Å². The molecule has 0 aliphatic carbocycles. The van der Waals surface area contributed by atoms with Crippen molar-refractivity contribution < 1.29 is 31.2 Å². The first-order chi connectivity index (χ1) is 9.00. The molecule has 0 atom stereocenters. The van der Waals surface area contributed by atoms with Gasteiger partial charge in [-0.2, -0.15) is 26.3 Å². The smallest absolute Gasteiger partial charge is 0.386 e. The highest BCUT2D eigenvalue weighted by molar-refractivity contribution is 6.31. The average molecular weight is 320 g/mol. The second-order valence-electron chi connectivity index (χ2n) is 3.75. The van der Waals surface area contributed by atoms with Crippen molar-refractivity contribution in [2.45, 2.75) is 19.3 Å². The van der Waals surface area contributed by atoms with Gasteiger partial charge in [0.05, 0.1) is 11.3 Å². The number of halogens is 7. The second kappa shape index (κ2) is 5.90. The van der Waals surface area contributed by atoms with Gasteiger partial charge >= 0.3 is 12.4 Å². The Morgan fingerprint density at radius 1 is 1.20 bits per heavy atom. The third-order valence-corrected chi connectivity index (χ3v) is 2.34. The largest absolute Gasteiger partial charge is 0.425 e. The van der Waals surface area contributed by atoms with Gasteiger partial charge in [0, 0.05) is 10.6 Å². The summed E-state index contributed by atoms with van der Waals surface area (Å²) in [7, 11) is 0. The van der Waals surface area contributed by atoms with Crippen LogP contribution in [0.15, 0.2) is 23.4 Å². The molecule has 20 heavy (non-hydrogen) atoms. The van der Waals surface area contributed by atoms with Gasteiger partial charge in [0.1, 0.15) is 0 Å². The lowest BCUT2D eigenvalue weighted by Crippen LogP contribution is -2.16. The molecule has 112 valence electrons. The lowest BCUT2D eigenvalue weighted by Gasteiger charge is -2.13. The van der Waals surface area contributed by atoms with E-state index in [9.17, 15) is 26.3 Å². The molecule has 0 spiro atoms. The maximum atomic E-state index is 12.7. The average Bonchev–Trinajstić information content (AvgIpc) is 2.25.